The first-order valence-electron chi connectivity index (χ1n) is 8.49. The molecule has 1 N–H and O–H groups in total. The third-order valence-electron chi connectivity index (χ3n) is 4.17. The fourth-order valence-electron chi connectivity index (χ4n) is 2.90. The molecule has 7 heteroatoms. The lowest BCUT2D eigenvalue weighted by Crippen LogP contribution is -2.41. The Labute approximate surface area is 173 Å². The number of benzene rings is 1. The molecule has 0 saturated carbocycles. The quantitative estimate of drug-likeness (QED) is 0.268. The summed E-state index contributed by atoms with van der Waals surface area (Å²) in [7, 11) is 3.53. The maximum absolute atomic E-state index is 6.02. The van der Waals surface area contributed by atoms with Crippen LogP contribution in [0.5, 0.6) is 0 Å². The van der Waals surface area contributed by atoms with Crippen LogP contribution in [0.15, 0.2) is 29.3 Å². The standard InChI is InChI=1S/C18H28ClN3O2.HI/c1-20-18(21-8-6-15-4-3-5-17(19)12-15)22-9-7-16(13-22)14-24-11-10-23-2;/h3-5,12,16H,6-11,13-14H2,1-2H3,(H,20,21);1H. The first-order valence-corrected chi connectivity index (χ1v) is 8.87. The zero-order chi connectivity index (χ0) is 17.2. The molecule has 2 rings (SSSR count). The third-order valence-corrected chi connectivity index (χ3v) is 4.40. The summed E-state index contributed by atoms with van der Waals surface area (Å²) in [4.78, 5) is 6.72. The number of rotatable bonds is 8. The Morgan fingerprint density at radius 1 is 1.40 bits per heavy atom. The Bertz CT molecular complexity index is 531. The van der Waals surface area contributed by atoms with Crippen molar-refractivity contribution < 1.29 is 9.47 Å². The minimum Gasteiger partial charge on any atom is -0.382 e. The highest BCUT2D eigenvalue weighted by atomic mass is 127. The van der Waals surface area contributed by atoms with Gasteiger partial charge in [-0.2, -0.15) is 0 Å². The van der Waals surface area contributed by atoms with E-state index in [0.29, 0.717) is 19.1 Å². The van der Waals surface area contributed by atoms with Crippen LogP contribution in [0.25, 0.3) is 0 Å². The fraction of sp³-hybridized carbons (Fsp3) is 0.611. The van der Waals surface area contributed by atoms with E-state index < -0.39 is 0 Å². The van der Waals surface area contributed by atoms with Crippen molar-refractivity contribution in [3.05, 3.63) is 34.9 Å². The number of guanidine groups is 1. The molecule has 0 amide bonds. The average Bonchev–Trinajstić information content (AvgIpc) is 3.04. The SMILES string of the molecule is CN=C(NCCc1cccc(Cl)c1)N1CCC(COCCOC)C1.I. The van der Waals surface area contributed by atoms with Crippen LogP contribution in [-0.4, -0.2) is 64.5 Å². The third kappa shape index (κ3) is 8.11. The van der Waals surface area contributed by atoms with Gasteiger partial charge in [-0.25, -0.2) is 0 Å². The molecule has 1 aliphatic heterocycles. The lowest BCUT2D eigenvalue weighted by molar-refractivity contribution is 0.0536. The van der Waals surface area contributed by atoms with Gasteiger partial charge in [-0.1, -0.05) is 23.7 Å². The first-order chi connectivity index (χ1) is 11.7. The minimum atomic E-state index is 0. The summed E-state index contributed by atoms with van der Waals surface area (Å²) in [5.74, 6) is 1.53. The highest BCUT2D eigenvalue weighted by Gasteiger charge is 2.24. The van der Waals surface area contributed by atoms with Crippen molar-refractivity contribution in [2.45, 2.75) is 12.8 Å². The number of aliphatic imine (C=N–C) groups is 1. The van der Waals surface area contributed by atoms with Crippen LogP contribution in [0.4, 0.5) is 0 Å². The molecule has 142 valence electrons. The van der Waals surface area contributed by atoms with E-state index in [1.807, 2.05) is 25.2 Å². The number of methoxy groups -OCH3 is 1. The van der Waals surface area contributed by atoms with Gasteiger partial charge in [0.15, 0.2) is 5.96 Å². The van der Waals surface area contributed by atoms with Crippen molar-refractivity contribution in [2.24, 2.45) is 10.9 Å². The van der Waals surface area contributed by atoms with Gasteiger partial charge in [-0.3, -0.25) is 4.99 Å². The molecule has 0 spiro atoms. The zero-order valence-electron chi connectivity index (χ0n) is 15.0. The Hall–Kier alpha value is -0.570. The van der Waals surface area contributed by atoms with Crippen molar-refractivity contribution in [3.8, 4) is 0 Å². The van der Waals surface area contributed by atoms with Gasteiger partial charge in [0.05, 0.1) is 19.8 Å². The molecule has 0 radical (unpaired) electrons. The summed E-state index contributed by atoms with van der Waals surface area (Å²) in [6.07, 6.45) is 2.07. The Kier molecular flexibility index (Phi) is 11.4. The Morgan fingerprint density at radius 3 is 2.96 bits per heavy atom. The fourth-order valence-corrected chi connectivity index (χ4v) is 3.11. The van der Waals surface area contributed by atoms with E-state index in [9.17, 15) is 0 Å². The second-order valence-corrected chi connectivity index (χ2v) is 6.46. The number of likely N-dealkylation sites (tertiary alicyclic amines) is 1. The van der Waals surface area contributed by atoms with Crippen LogP contribution >= 0.6 is 35.6 Å². The largest absolute Gasteiger partial charge is 0.382 e. The molecule has 1 unspecified atom stereocenters. The molecule has 5 nitrogen and oxygen atoms in total. The van der Waals surface area contributed by atoms with Gasteiger partial charge in [0.25, 0.3) is 0 Å². The molecule has 1 fully saturated rings. The molecule has 1 aliphatic rings. The molecular weight excluding hydrogens is 453 g/mol. The van der Waals surface area contributed by atoms with Crippen LogP contribution in [-0.2, 0) is 15.9 Å². The molecular formula is C18H29ClIN3O2. The summed E-state index contributed by atoms with van der Waals surface area (Å²) >= 11 is 6.02. The minimum absolute atomic E-state index is 0. The number of hydrogen-bond donors (Lipinski definition) is 1. The van der Waals surface area contributed by atoms with E-state index in [1.54, 1.807) is 7.11 Å². The zero-order valence-corrected chi connectivity index (χ0v) is 18.1. The summed E-state index contributed by atoms with van der Waals surface area (Å²) in [6.45, 7) is 4.97. The van der Waals surface area contributed by atoms with Crippen molar-refractivity contribution in [1.82, 2.24) is 10.2 Å². The molecule has 1 aromatic carbocycles. The number of hydrogen-bond acceptors (Lipinski definition) is 3. The van der Waals surface area contributed by atoms with Crippen molar-refractivity contribution in [1.29, 1.82) is 0 Å². The second kappa shape index (κ2) is 12.7. The monoisotopic (exact) mass is 481 g/mol. The molecule has 1 saturated heterocycles. The van der Waals surface area contributed by atoms with E-state index >= 15 is 0 Å². The second-order valence-electron chi connectivity index (χ2n) is 6.02. The van der Waals surface area contributed by atoms with Gasteiger partial charge in [0.2, 0.25) is 0 Å². The number of halogens is 2. The van der Waals surface area contributed by atoms with Crippen LogP contribution in [0, 0.1) is 5.92 Å². The normalized spacial score (nSPS) is 17.5. The predicted octanol–water partition coefficient (Wildman–Crippen LogP) is 3.06. The van der Waals surface area contributed by atoms with Gasteiger partial charge in [0, 0.05) is 44.7 Å². The topological polar surface area (TPSA) is 46.1 Å². The number of ether oxygens (including phenoxy) is 2. The lowest BCUT2D eigenvalue weighted by Gasteiger charge is -2.21. The van der Waals surface area contributed by atoms with E-state index in [0.717, 1.165) is 50.1 Å². The van der Waals surface area contributed by atoms with Gasteiger partial charge >= 0.3 is 0 Å². The van der Waals surface area contributed by atoms with E-state index in [4.69, 9.17) is 21.1 Å². The Balaban J connectivity index is 0.00000312. The molecule has 0 bridgehead atoms. The predicted molar refractivity (Wildman–Crippen MR) is 114 cm³/mol. The maximum Gasteiger partial charge on any atom is 0.193 e. The summed E-state index contributed by atoms with van der Waals surface area (Å²) in [5.41, 5.74) is 1.23. The van der Waals surface area contributed by atoms with Crippen molar-refractivity contribution >= 4 is 41.5 Å². The van der Waals surface area contributed by atoms with Crippen molar-refractivity contribution in [2.75, 3.05) is 53.6 Å². The average molecular weight is 482 g/mol. The first kappa shape index (κ1) is 22.5. The number of nitrogens with zero attached hydrogens (tertiary/aromatic N) is 2. The van der Waals surface area contributed by atoms with Gasteiger partial charge in [-0.05, 0) is 30.5 Å². The van der Waals surface area contributed by atoms with Gasteiger partial charge in [0.1, 0.15) is 0 Å². The Morgan fingerprint density at radius 2 is 2.24 bits per heavy atom. The molecule has 0 aromatic heterocycles. The smallest absolute Gasteiger partial charge is 0.193 e. The molecule has 1 heterocycles. The van der Waals surface area contributed by atoms with E-state index in [-0.39, 0.29) is 24.0 Å². The molecule has 1 atom stereocenters. The highest BCUT2D eigenvalue weighted by Crippen LogP contribution is 2.16. The van der Waals surface area contributed by atoms with Crippen LogP contribution in [0.2, 0.25) is 5.02 Å². The molecule has 1 aromatic rings. The van der Waals surface area contributed by atoms with Crippen molar-refractivity contribution in [3.63, 3.8) is 0 Å². The van der Waals surface area contributed by atoms with Gasteiger partial charge in [-0.15, -0.1) is 24.0 Å². The molecule has 0 aliphatic carbocycles. The van der Waals surface area contributed by atoms with Crippen LogP contribution < -0.4 is 5.32 Å². The molecule has 25 heavy (non-hydrogen) atoms. The summed E-state index contributed by atoms with van der Waals surface area (Å²) in [6, 6.07) is 7.99. The maximum atomic E-state index is 6.02. The van der Waals surface area contributed by atoms with Crippen LogP contribution in [0.3, 0.4) is 0 Å². The summed E-state index contributed by atoms with van der Waals surface area (Å²) < 4.78 is 10.6. The van der Waals surface area contributed by atoms with Crippen LogP contribution in [0.1, 0.15) is 12.0 Å². The highest BCUT2D eigenvalue weighted by molar-refractivity contribution is 14.0. The lowest BCUT2D eigenvalue weighted by atomic mass is 10.1. The van der Waals surface area contributed by atoms with Gasteiger partial charge < -0.3 is 19.7 Å². The van der Waals surface area contributed by atoms with E-state index in [1.165, 1.54) is 5.56 Å². The summed E-state index contributed by atoms with van der Waals surface area (Å²) in [5, 5.41) is 4.23. The number of nitrogens with one attached hydrogen (secondary N) is 1. The van der Waals surface area contributed by atoms with E-state index in [2.05, 4.69) is 21.3 Å².